The fourth-order valence-electron chi connectivity index (χ4n) is 3.27. The minimum atomic E-state index is -3.58. The van der Waals surface area contributed by atoms with Crippen molar-refractivity contribution in [2.24, 2.45) is 5.92 Å². The number of thiophene rings is 1. The Hall–Kier alpha value is -2.56. The Bertz CT molecular complexity index is 1110. The first-order valence-electron chi connectivity index (χ1n) is 9.53. The van der Waals surface area contributed by atoms with Crippen molar-refractivity contribution < 1.29 is 22.5 Å². The summed E-state index contributed by atoms with van der Waals surface area (Å²) in [4.78, 5) is 16.8. The highest BCUT2D eigenvalue weighted by Gasteiger charge is 2.34. The van der Waals surface area contributed by atoms with Gasteiger partial charge in [0.1, 0.15) is 4.21 Å². The van der Waals surface area contributed by atoms with E-state index >= 15 is 0 Å². The highest BCUT2D eigenvalue weighted by molar-refractivity contribution is 7.91. The molecule has 1 aliphatic heterocycles. The van der Waals surface area contributed by atoms with Crippen LogP contribution in [-0.4, -0.2) is 41.9 Å². The molecule has 0 N–H and O–H groups in total. The number of esters is 1. The zero-order valence-electron chi connectivity index (χ0n) is 16.4. The molecule has 1 aromatic carbocycles. The van der Waals surface area contributed by atoms with E-state index in [2.05, 4.69) is 10.1 Å². The molecule has 0 radical (unpaired) electrons. The molecule has 8 nitrogen and oxygen atoms in total. The van der Waals surface area contributed by atoms with Crippen molar-refractivity contribution in [2.75, 3.05) is 13.1 Å². The van der Waals surface area contributed by atoms with Crippen LogP contribution in [0.3, 0.4) is 0 Å². The average Bonchev–Trinajstić information content (AvgIpc) is 3.45. The van der Waals surface area contributed by atoms with Crippen molar-refractivity contribution >= 4 is 27.3 Å². The monoisotopic (exact) mass is 447 g/mol. The first kappa shape index (κ1) is 20.7. The Morgan fingerprint density at radius 3 is 2.83 bits per heavy atom. The fourth-order valence-corrected chi connectivity index (χ4v) is 5.94. The molecule has 0 spiro atoms. The molecule has 4 rings (SSSR count). The van der Waals surface area contributed by atoms with E-state index in [9.17, 15) is 13.2 Å². The highest BCUT2D eigenvalue weighted by atomic mass is 32.2. The number of carbonyl (C=O) groups is 1. The maximum absolute atomic E-state index is 12.7. The molecule has 3 aromatic rings. The third-order valence-electron chi connectivity index (χ3n) is 4.92. The van der Waals surface area contributed by atoms with Crippen LogP contribution in [0.2, 0.25) is 0 Å². The van der Waals surface area contributed by atoms with E-state index in [-0.39, 0.29) is 23.3 Å². The quantitative estimate of drug-likeness (QED) is 0.534. The Morgan fingerprint density at radius 2 is 2.10 bits per heavy atom. The van der Waals surface area contributed by atoms with Gasteiger partial charge in [0.2, 0.25) is 5.82 Å². The summed E-state index contributed by atoms with van der Waals surface area (Å²) in [7, 11) is -3.58. The number of rotatable bonds is 6. The molecular formula is C20H21N3O5S2. The molecule has 2 aromatic heterocycles. The third-order valence-corrected chi connectivity index (χ3v) is 8.16. The van der Waals surface area contributed by atoms with E-state index in [0.29, 0.717) is 25.2 Å². The van der Waals surface area contributed by atoms with E-state index in [1.165, 1.54) is 15.6 Å². The van der Waals surface area contributed by atoms with Crippen molar-refractivity contribution in [3.63, 3.8) is 0 Å². The van der Waals surface area contributed by atoms with Crippen LogP contribution in [0.4, 0.5) is 0 Å². The molecule has 1 atom stereocenters. The molecule has 1 fully saturated rings. The molecule has 0 aliphatic carbocycles. The molecule has 3 heterocycles. The Balaban J connectivity index is 1.36. The van der Waals surface area contributed by atoms with Crippen LogP contribution in [0.5, 0.6) is 0 Å². The Morgan fingerprint density at radius 1 is 1.30 bits per heavy atom. The third kappa shape index (κ3) is 4.45. The summed E-state index contributed by atoms with van der Waals surface area (Å²) in [6, 6.07) is 10.9. The molecule has 1 saturated heterocycles. The largest absolute Gasteiger partial charge is 0.455 e. The molecule has 1 aliphatic rings. The first-order valence-corrected chi connectivity index (χ1v) is 11.9. The van der Waals surface area contributed by atoms with Gasteiger partial charge in [0.25, 0.3) is 15.9 Å². The number of aryl methyl sites for hydroxylation is 1. The summed E-state index contributed by atoms with van der Waals surface area (Å²) >= 11 is 1.17. The lowest BCUT2D eigenvalue weighted by Gasteiger charge is -2.30. The van der Waals surface area contributed by atoms with E-state index < -0.39 is 21.9 Å². The summed E-state index contributed by atoms with van der Waals surface area (Å²) < 4.78 is 37.6. The van der Waals surface area contributed by atoms with Gasteiger partial charge in [-0.3, -0.25) is 4.79 Å². The van der Waals surface area contributed by atoms with Gasteiger partial charge in [-0.05, 0) is 31.2 Å². The van der Waals surface area contributed by atoms with Crippen LogP contribution in [0.15, 0.2) is 50.5 Å². The summed E-state index contributed by atoms with van der Waals surface area (Å²) in [6.07, 6.45) is 1.18. The smallest absolute Gasteiger partial charge is 0.310 e. The highest BCUT2D eigenvalue weighted by Crippen LogP contribution is 2.27. The van der Waals surface area contributed by atoms with Crippen molar-refractivity contribution in [3.8, 4) is 11.4 Å². The number of benzene rings is 1. The number of hydrogen-bond acceptors (Lipinski definition) is 8. The molecule has 10 heteroatoms. The lowest BCUT2D eigenvalue weighted by atomic mass is 10.0. The van der Waals surface area contributed by atoms with Gasteiger partial charge in [-0.15, -0.1) is 11.3 Å². The van der Waals surface area contributed by atoms with E-state index in [4.69, 9.17) is 9.26 Å². The maximum atomic E-state index is 12.7. The summed E-state index contributed by atoms with van der Waals surface area (Å²) in [5.41, 5.74) is 1.93. The number of hydrogen-bond donors (Lipinski definition) is 0. The van der Waals surface area contributed by atoms with Crippen molar-refractivity contribution in [2.45, 2.75) is 30.6 Å². The van der Waals surface area contributed by atoms with Crippen LogP contribution in [0.25, 0.3) is 11.4 Å². The normalized spacial score (nSPS) is 17.7. The van der Waals surface area contributed by atoms with Crippen LogP contribution in [-0.2, 0) is 26.2 Å². The number of nitrogens with zero attached hydrogens (tertiary/aromatic N) is 3. The minimum absolute atomic E-state index is 0.109. The molecule has 0 bridgehead atoms. The average molecular weight is 448 g/mol. The van der Waals surface area contributed by atoms with Crippen molar-refractivity contribution in [3.05, 3.63) is 53.2 Å². The van der Waals surface area contributed by atoms with Gasteiger partial charge in [0.15, 0.2) is 6.61 Å². The summed E-state index contributed by atoms with van der Waals surface area (Å²) in [6.45, 7) is 2.35. The van der Waals surface area contributed by atoms with E-state index in [1.54, 1.807) is 17.5 Å². The standard InChI is InChI=1S/C20H21N3O5S2/c1-14-6-8-15(9-7-14)19-21-17(28-22-19)13-27-20(24)16-4-2-10-23(12-16)30(25,26)18-5-3-11-29-18/h3,5-9,11,16H,2,4,10,12-13H2,1H3. The molecule has 30 heavy (non-hydrogen) atoms. The topological polar surface area (TPSA) is 103 Å². The Labute approximate surface area is 178 Å². The second kappa shape index (κ2) is 8.66. The second-order valence-corrected chi connectivity index (χ2v) is 10.2. The van der Waals surface area contributed by atoms with Crippen molar-refractivity contribution in [1.29, 1.82) is 0 Å². The number of ether oxygens (including phenoxy) is 1. The first-order chi connectivity index (χ1) is 14.4. The molecule has 1 unspecified atom stereocenters. The van der Waals surface area contributed by atoms with E-state index in [1.807, 2.05) is 31.2 Å². The van der Waals surface area contributed by atoms with Gasteiger partial charge < -0.3 is 9.26 Å². The van der Waals surface area contributed by atoms with Crippen molar-refractivity contribution in [1.82, 2.24) is 14.4 Å². The van der Waals surface area contributed by atoms with Crippen LogP contribution in [0.1, 0.15) is 24.3 Å². The summed E-state index contributed by atoms with van der Waals surface area (Å²) in [5, 5.41) is 5.64. The van der Waals surface area contributed by atoms with Crippen LogP contribution >= 0.6 is 11.3 Å². The summed E-state index contributed by atoms with van der Waals surface area (Å²) in [5.74, 6) is -0.367. The Kier molecular flexibility index (Phi) is 5.98. The molecule has 0 amide bonds. The van der Waals surface area contributed by atoms with E-state index in [0.717, 1.165) is 11.1 Å². The number of piperidine rings is 1. The lowest BCUT2D eigenvalue weighted by molar-refractivity contribution is -0.151. The SMILES string of the molecule is Cc1ccc(-c2noc(COC(=O)C3CCCN(S(=O)(=O)c4cccs4)C3)n2)cc1. The van der Waals surface area contributed by atoms with Gasteiger partial charge in [0, 0.05) is 18.7 Å². The predicted molar refractivity (Wildman–Crippen MR) is 110 cm³/mol. The molecule has 158 valence electrons. The van der Waals surface area contributed by atoms with Crippen LogP contribution < -0.4 is 0 Å². The van der Waals surface area contributed by atoms with Gasteiger partial charge in [-0.25, -0.2) is 8.42 Å². The van der Waals surface area contributed by atoms with Gasteiger partial charge in [-0.2, -0.15) is 9.29 Å². The van der Waals surface area contributed by atoms with Gasteiger partial charge in [0.05, 0.1) is 5.92 Å². The second-order valence-electron chi connectivity index (χ2n) is 7.12. The number of carbonyl (C=O) groups excluding carboxylic acids is 1. The lowest BCUT2D eigenvalue weighted by Crippen LogP contribution is -2.42. The predicted octanol–water partition coefficient (Wildman–Crippen LogP) is 3.25. The number of sulfonamides is 1. The van der Waals surface area contributed by atoms with Gasteiger partial charge >= 0.3 is 5.97 Å². The maximum Gasteiger partial charge on any atom is 0.310 e. The minimum Gasteiger partial charge on any atom is -0.455 e. The molecular weight excluding hydrogens is 426 g/mol. The molecule has 0 saturated carbocycles. The fraction of sp³-hybridized carbons (Fsp3) is 0.350. The zero-order valence-corrected chi connectivity index (χ0v) is 18.0. The van der Waals surface area contributed by atoms with Crippen LogP contribution in [0, 0.1) is 12.8 Å². The number of aromatic nitrogens is 2. The zero-order chi connectivity index (χ0) is 21.1. The van der Waals surface area contributed by atoms with Gasteiger partial charge in [-0.1, -0.05) is 41.1 Å².